The number of hydrogen-bond acceptors (Lipinski definition) is 2. The van der Waals surface area contributed by atoms with Crippen LogP contribution in [0.1, 0.15) is 22.9 Å². The van der Waals surface area contributed by atoms with E-state index in [0.29, 0.717) is 5.69 Å². The maximum absolute atomic E-state index is 12.4. The van der Waals surface area contributed by atoms with Crippen molar-refractivity contribution < 1.29 is 13.2 Å². The van der Waals surface area contributed by atoms with E-state index in [0.717, 1.165) is 11.1 Å². The second-order valence-corrected chi connectivity index (χ2v) is 4.59. The molecule has 2 rings (SSSR count). The van der Waals surface area contributed by atoms with Crippen LogP contribution in [0.4, 0.5) is 13.2 Å². The first-order chi connectivity index (χ1) is 9.46. The molecule has 2 aromatic rings. The van der Waals surface area contributed by atoms with Gasteiger partial charge in [0.1, 0.15) is 0 Å². The minimum absolute atomic E-state index is 0.570. The van der Waals surface area contributed by atoms with Crippen molar-refractivity contribution in [1.29, 1.82) is 0 Å². The molecule has 1 heterocycles. The molecule has 0 unspecified atom stereocenters. The van der Waals surface area contributed by atoms with Gasteiger partial charge in [-0.15, -0.1) is 0 Å². The first-order valence-electron chi connectivity index (χ1n) is 6.23. The van der Waals surface area contributed by atoms with E-state index < -0.39 is 18.8 Å². The molecule has 20 heavy (non-hydrogen) atoms. The van der Waals surface area contributed by atoms with Gasteiger partial charge < -0.3 is 0 Å². The molecule has 2 nitrogen and oxygen atoms in total. The van der Waals surface area contributed by atoms with E-state index in [-0.39, 0.29) is 0 Å². The van der Waals surface area contributed by atoms with Gasteiger partial charge >= 0.3 is 6.18 Å². The minimum atomic E-state index is -4.25. The molecule has 0 aliphatic rings. The number of aryl methyl sites for hydroxylation is 1. The monoisotopic (exact) mass is 280 g/mol. The molecular weight excluding hydrogens is 265 g/mol. The molecule has 1 atom stereocenters. The molecule has 0 aliphatic carbocycles. The van der Waals surface area contributed by atoms with Crippen LogP contribution in [0.2, 0.25) is 0 Å². The van der Waals surface area contributed by atoms with E-state index in [4.69, 9.17) is 0 Å². The fraction of sp³-hybridized carbons (Fsp3) is 0.267. The molecule has 0 radical (unpaired) electrons. The van der Waals surface area contributed by atoms with E-state index in [9.17, 15) is 13.2 Å². The number of benzene rings is 1. The van der Waals surface area contributed by atoms with E-state index in [1.807, 2.05) is 31.2 Å². The molecule has 1 aromatic heterocycles. The van der Waals surface area contributed by atoms with Gasteiger partial charge in [0.05, 0.1) is 18.3 Å². The highest BCUT2D eigenvalue weighted by molar-refractivity contribution is 5.30. The van der Waals surface area contributed by atoms with Gasteiger partial charge in [-0.2, -0.15) is 13.2 Å². The van der Waals surface area contributed by atoms with Crippen molar-refractivity contribution in [1.82, 2.24) is 10.3 Å². The maximum atomic E-state index is 12.4. The predicted octanol–water partition coefficient (Wildman–Crippen LogP) is 3.63. The number of nitrogens with zero attached hydrogens (tertiary/aromatic N) is 1. The maximum Gasteiger partial charge on any atom is 0.401 e. The lowest BCUT2D eigenvalue weighted by Gasteiger charge is -2.20. The summed E-state index contributed by atoms with van der Waals surface area (Å²) in [4.78, 5) is 4.15. The summed E-state index contributed by atoms with van der Waals surface area (Å²) >= 11 is 0. The molecule has 0 aliphatic heterocycles. The van der Waals surface area contributed by atoms with Gasteiger partial charge in [-0.1, -0.05) is 35.9 Å². The van der Waals surface area contributed by atoms with Crippen LogP contribution in [0.5, 0.6) is 0 Å². The standard InChI is InChI=1S/C15H15F3N2/c1-11-5-7-12(8-6-11)14(20-10-15(16,17)18)13-4-2-3-9-19-13/h2-9,14,20H,10H2,1H3/t14-/m0/s1. The lowest BCUT2D eigenvalue weighted by atomic mass is 10.0. The molecule has 0 amide bonds. The molecule has 0 saturated heterocycles. The molecular formula is C15H15F3N2. The molecule has 0 bridgehead atoms. The highest BCUT2D eigenvalue weighted by Gasteiger charge is 2.29. The number of alkyl halides is 3. The van der Waals surface area contributed by atoms with Crippen molar-refractivity contribution >= 4 is 0 Å². The summed E-state index contributed by atoms with van der Waals surface area (Å²) in [5.41, 5.74) is 2.39. The number of nitrogens with one attached hydrogen (secondary N) is 1. The second-order valence-electron chi connectivity index (χ2n) is 4.59. The molecule has 5 heteroatoms. The highest BCUT2D eigenvalue weighted by atomic mass is 19.4. The first kappa shape index (κ1) is 14.5. The van der Waals surface area contributed by atoms with Gasteiger partial charge in [-0.05, 0) is 24.6 Å². The molecule has 1 N–H and O–H groups in total. The average Bonchev–Trinajstić information content (AvgIpc) is 2.41. The summed E-state index contributed by atoms with van der Waals surface area (Å²) in [6.45, 7) is 0.880. The van der Waals surface area contributed by atoms with Gasteiger partial charge in [0.15, 0.2) is 0 Å². The Labute approximate surface area is 115 Å². The van der Waals surface area contributed by atoms with Crippen LogP contribution in [0.25, 0.3) is 0 Å². The first-order valence-corrected chi connectivity index (χ1v) is 6.23. The number of halogens is 3. The summed E-state index contributed by atoms with van der Waals surface area (Å²) in [6, 6.07) is 12.0. The van der Waals surface area contributed by atoms with Gasteiger partial charge in [-0.3, -0.25) is 10.3 Å². The summed E-state index contributed by atoms with van der Waals surface area (Å²) < 4.78 is 37.3. The molecule has 106 valence electrons. The lowest BCUT2D eigenvalue weighted by molar-refractivity contribution is -0.125. The summed E-state index contributed by atoms with van der Waals surface area (Å²) in [6.07, 6.45) is -2.68. The van der Waals surface area contributed by atoms with Crippen molar-refractivity contribution in [3.05, 3.63) is 65.5 Å². The Morgan fingerprint density at radius 1 is 1.10 bits per heavy atom. The number of pyridine rings is 1. The topological polar surface area (TPSA) is 24.9 Å². The van der Waals surface area contributed by atoms with Crippen LogP contribution < -0.4 is 5.32 Å². The van der Waals surface area contributed by atoms with Crippen LogP contribution >= 0.6 is 0 Å². The molecule has 0 fully saturated rings. The number of aromatic nitrogens is 1. The predicted molar refractivity (Wildman–Crippen MR) is 71.3 cm³/mol. The quantitative estimate of drug-likeness (QED) is 0.925. The zero-order valence-corrected chi connectivity index (χ0v) is 11.0. The van der Waals surface area contributed by atoms with E-state index >= 15 is 0 Å². The van der Waals surface area contributed by atoms with Crippen molar-refractivity contribution in [3.8, 4) is 0 Å². The second kappa shape index (κ2) is 6.05. The zero-order valence-electron chi connectivity index (χ0n) is 11.0. The summed E-state index contributed by atoms with van der Waals surface area (Å²) in [5.74, 6) is 0. The van der Waals surface area contributed by atoms with Crippen LogP contribution in [0, 0.1) is 6.92 Å². The third-order valence-electron chi connectivity index (χ3n) is 2.90. The van der Waals surface area contributed by atoms with Crippen LogP contribution in [-0.2, 0) is 0 Å². The van der Waals surface area contributed by atoms with Crippen molar-refractivity contribution in [3.63, 3.8) is 0 Å². The normalized spacial score (nSPS) is 13.2. The van der Waals surface area contributed by atoms with Crippen LogP contribution in [-0.4, -0.2) is 17.7 Å². The van der Waals surface area contributed by atoms with E-state index in [2.05, 4.69) is 10.3 Å². The van der Waals surface area contributed by atoms with Crippen molar-refractivity contribution in [2.24, 2.45) is 0 Å². The third-order valence-corrected chi connectivity index (χ3v) is 2.90. The minimum Gasteiger partial charge on any atom is -0.297 e. The molecule has 0 spiro atoms. The fourth-order valence-corrected chi connectivity index (χ4v) is 1.92. The van der Waals surface area contributed by atoms with Gasteiger partial charge in [-0.25, -0.2) is 0 Å². The SMILES string of the molecule is Cc1ccc([C@H](NCC(F)(F)F)c2ccccn2)cc1. The molecule has 0 saturated carbocycles. The third kappa shape index (κ3) is 4.06. The zero-order chi connectivity index (χ0) is 14.6. The summed E-state index contributed by atoms with van der Waals surface area (Å²) in [5, 5.41) is 2.52. The average molecular weight is 280 g/mol. The molecule has 1 aromatic carbocycles. The van der Waals surface area contributed by atoms with Gasteiger partial charge in [0.2, 0.25) is 0 Å². The highest BCUT2D eigenvalue weighted by Crippen LogP contribution is 2.22. The van der Waals surface area contributed by atoms with Crippen molar-refractivity contribution in [2.45, 2.75) is 19.1 Å². The number of hydrogen-bond donors (Lipinski definition) is 1. The number of rotatable bonds is 4. The van der Waals surface area contributed by atoms with E-state index in [1.165, 1.54) is 0 Å². The fourth-order valence-electron chi connectivity index (χ4n) is 1.92. The Bertz CT molecular complexity index is 535. The Hall–Kier alpha value is -1.88. The Morgan fingerprint density at radius 3 is 2.35 bits per heavy atom. The van der Waals surface area contributed by atoms with E-state index in [1.54, 1.807) is 24.4 Å². The Kier molecular flexibility index (Phi) is 4.39. The largest absolute Gasteiger partial charge is 0.401 e. The lowest BCUT2D eigenvalue weighted by Crippen LogP contribution is -2.33. The van der Waals surface area contributed by atoms with Crippen LogP contribution in [0.3, 0.4) is 0 Å². The van der Waals surface area contributed by atoms with Gasteiger partial charge in [0, 0.05) is 6.20 Å². The summed E-state index contributed by atoms with van der Waals surface area (Å²) in [7, 11) is 0. The van der Waals surface area contributed by atoms with Crippen LogP contribution in [0.15, 0.2) is 48.7 Å². The Balaban J connectivity index is 2.27. The van der Waals surface area contributed by atoms with Crippen molar-refractivity contribution in [2.75, 3.05) is 6.54 Å². The smallest absolute Gasteiger partial charge is 0.297 e. The Morgan fingerprint density at radius 2 is 1.80 bits per heavy atom. The van der Waals surface area contributed by atoms with Gasteiger partial charge in [0.25, 0.3) is 0 Å².